The number of aryl methyl sites for hydroxylation is 1. The number of aliphatic hydroxyl groups is 1. The maximum Gasteiger partial charge on any atom is 0.265 e. The highest BCUT2D eigenvalue weighted by molar-refractivity contribution is 7.89. The van der Waals surface area contributed by atoms with Crippen molar-refractivity contribution in [3.8, 4) is 5.69 Å². The van der Waals surface area contributed by atoms with Crippen molar-refractivity contribution in [2.45, 2.75) is 11.8 Å². The fourth-order valence-corrected chi connectivity index (χ4v) is 4.53. The monoisotopic (exact) mass is 422 g/mol. The lowest BCUT2D eigenvalue weighted by atomic mass is 10.1. The van der Waals surface area contributed by atoms with Crippen LogP contribution in [0.3, 0.4) is 0 Å². The molecule has 2 aromatic carbocycles. The first-order chi connectivity index (χ1) is 14.3. The average molecular weight is 422 g/mol. The molecule has 152 valence electrons. The molecule has 0 aliphatic carbocycles. The van der Waals surface area contributed by atoms with Gasteiger partial charge in [-0.1, -0.05) is 35.0 Å². The Labute approximate surface area is 173 Å². The second kappa shape index (κ2) is 7.27. The van der Waals surface area contributed by atoms with E-state index >= 15 is 0 Å². The van der Waals surface area contributed by atoms with Crippen LogP contribution in [-0.4, -0.2) is 45.7 Å². The largest absolute Gasteiger partial charge is 0.505 e. The molecule has 0 saturated carbocycles. The van der Waals surface area contributed by atoms with Gasteiger partial charge in [0.25, 0.3) is 10.0 Å². The van der Waals surface area contributed by atoms with E-state index in [4.69, 9.17) is 0 Å². The molecule has 30 heavy (non-hydrogen) atoms. The van der Waals surface area contributed by atoms with Crippen molar-refractivity contribution in [2.24, 2.45) is 0 Å². The van der Waals surface area contributed by atoms with E-state index in [0.717, 1.165) is 21.6 Å². The molecule has 1 aromatic heterocycles. The summed E-state index contributed by atoms with van der Waals surface area (Å²) in [7, 11) is -2.71. The number of fused-ring (bicyclic) bond motifs is 1. The molecule has 1 aliphatic heterocycles. The predicted octanol–water partition coefficient (Wildman–Crippen LogP) is 2.72. The molecule has 0 saturated heterocycles. The zero-order chi connectivity index (χ0) is 21.5. The first kappa shape index (κ1) is 19.6. The van der Waals surface area contributed by atoms with E-state index in [1.807, 2.05) is 31.2 Å². The quantitative estimate of drug-likeness (QED) is 0.648. The second-order valence-electron chi connectivity index (χ2n) is 6.79. The molecule has 0 atom stereocenters. The van der Waals surface area contributed by atoms with Crippen LogP contribution in [0.5, 0.6) is 0 Å². The number of carbonyl (C=O) groups excluding carboxylic acids is 1. The normalized spacial score (nSPS) is 15.5. The zero-order valence-electron chi connectivity index (χ0n) is 16.2. The maximum atomic E-state index is 12.7. The van der Waals surface area contributed by atoms with E-state index in [0.29, 0.717) is 5.69 Å². The highest BCUT2D eigenvalue weighted by Gasteiger charge is 2.36. The number of aromatic nitrogens is 3. The van der Waals surface area contributed by atoms with Crippen LogP contribution in [0.2, 0.25) is 0 Å². The van der Waals surface area contributed by atoms with Gasteiger partial charge < -0.3 is 5.11 Å². The van der Waals surface area contributed by atoms with Gasteiger partial charge in [-0.15, -0.1) is 5.10 Å². The Morgan fingerprint density at radius 3 is 2.53 bits per heavy atom. The van der Waals surface area contributed by atoms with Crippen molar-refractivity contribution >= 4 is 27.6 Å². The molecule has 2 heterocycles. The van der Waals surface area contributed by atoms with E-state index in [1.54, 1.807) is 23.0 Å². The second-order valence-corrected chi connectivity index (χ2v) is 8.72. The standard InChI is InChI=1S/C21H18N4O4S/c1-14-7-10-16(11-8-14)25-13-15(22-23-25)9-12-18(26)20-21(27)17-5-3-4-6-19(17)30(28,29)24(20)2/h3-13,27H,1-2H3/b12-9+. The minimum atomic E-state index is -3.94. The van der Waals surface area contributed by atoms with Crippen molar-refractivity contribution in [3.63, 3.8) is 0 Å². The summed E-state index contributed by atoms with van der Waals surface area (Å²) in [5.74, 6) is -1.06. The molecule has 8 nitrogen and oxygen atoms in total. The van der Waals surface area contributed by atoms with E-state index in [2.05, 4.69) is 10.3 Å². The minimum absolute atomic E-state index is 0.0495. The van der Waals surface area contributed by atoms with Crippen LogP contribution in [0.1, 0.15) is 16.8 Å². The van der Waals surface area contributed by atoms with Gasteiger partial charge in [-0.05, 0) is 43.3 Å². The Hall–Kier alpha value is -3.72. The van der Waals surface area contributed by atoms with E-state index in [9.17, 15) is 18.3 Å². The van der Waals surface area contributed by atoms with Crippen LogP contribution in [0.4, 0.5) is 0 Å². The van der Waals surface area contributed by atoms with Gasteiger partial charge in [0.05, 0.1) is 16.8 Å². The summed E-state index contributed by atoms with van der Waals surface area (Å²) in [4.78, 5) is 12.7. The first-order valence-electron chi connectivity index (χ1n) is 9.02. The summed E-state index contributed by atoms with van der Waals surface area (Å²) in [5.41, 5.74) is 2.11. The maximum absolute atomic E-state index is 12.7. The Balaban J connectivity index is 1.64. The highest BCUT2D eigenvalue weighted by Crippen LogP contribution is 2.34. The predicted molar refractivity (Wildman–Crippen MR) is 111 cm³/mol. The molecular formula is C21H18N4O4S. The Bertz CT molecular complexity index is 1300. The summed E-state index contributed by atoms with van der Waals surface area (Å²) < 4.78 is 27.8. The van der Waals surface area contributed by atoms with Crippen LogP contribution in [0.25, 0.3) is 17.5 Å². The van der Waals surface area contributed by atoms with Gasteiger partial charge in [0, 0.05) is 12.6 Å². The third-order valence-corrected chi connectivity index (χ3v) is 6.58. The Morgan fingerprint density at radius 1 is 1.10 bits per heavy atom. The Morgan fingerprint density at radius 2 is 1.80 bits per heavy atom. The number of hydrogen-bond donors (Lipinski definition) is 1. The summed E-state index contributed by atoms with van der Waals surface area (Å²) >= 11 is 0. The van der Waals surface area contributed by atoms with E-state index in [1.165, 1.54) is 25.3 Å². The van der Waals surface area contributed by atoms with Gasteiger partial charge in [-0.3, -0.25) is 9.10 Å². The van der Waals surface area contributed by atoms with Gasteiger partial charge in [0.1, 0.15) is 11.4 Å². The van der Waals surface area contributed by atoms with Crippen molar-refractivity contribution in [3.05, 3.63) is 83.3 Å². The molecule has 0 bridgehead atoms. The van der Waals surface area contributed by atoms with Gasteiger partial charge >= 0.3 is 0 Å². The van der Waals surface area contributed by atoms with Gasteiger partial charge in [0.15, 0.2) is 5.76 Å². The molecule has 0 spiro atoms. The van der Waals surface area contributed by atoms with Crippen LogP contribution in [-0.2, 0) is 14.8 Å². The molecule has 1 aliphatic rings. The summed E-state index contributed by atoms with van der Waals surface area (Å²) in [5, 5.41) is 18.6. The summed E-state index contributed by atoms with van der Waals surface area (Å²) in [6.07, 6.45) is 4.22. The van der Waals surface area contributed by atoms with Gasteiger partial charge in [-0.25, -0.2) is 13.1 Å². The van der Waals surface area contributed by atoms with Crippen molar-refractivity contribution < 1.29 is 18.3 Å². The first-order valence-corrected chi connectivity index (χ1v) is 10.5. The average Bonchev–Trinajstić information content (AvgIpc) is 3.21. The fourth-order valence-electron chi connectivity index (χ4n) is 3.12. The number of allylic oxidation sites excluding steroid dienone is 1. The molecule has 1 N–H and O–H groups in total. The van der Waals surface area contributed by atoms with Crippen LogP contribution < -0.4 is 0 Å². The summed E-state index contributed by atoms with van der Waals surface area (Å²) in [6.45, 7) is 1.98. The SMILES string of the molecule is Cc1ccc(-n2cc(/C=C/C(=O)C3=C(O)c4ccccc4S(=O)(=O)N3C)nn2)cc1. The third-order valence-electron chi connectivity index (χ3n) is 4.77. The zero-order valence-corrected chi connectivity index (χ0v) is 17.0. The van der Waals surface area contributed by atoms with Crippen molar-refractivity contribution in [1.82, 2.24) is 19.3 Å². The van der Waals surface area contributed by atoms with Crippen molar-refractivity contribution in [2.75, 3.05) is 7.05 Å². The van der Waals surface area contributed by atoms with E-state index in [-0.39, 0.29) is 21.9 Å². The number of aliphatic hydroxyl groups excluding tert-OH is 1. The summed E-state index contributed by atoms with van der Waals surface area (Å²) in [6, 6.07) is 13.7. The molecular weight excluding hydrogens is 404 g/mol. The number of likely N-dealkylation sites (N-methyl/N-ethyl adjacent to an activating group) is 1. The molecule has 3 aromatic rings. The number of nitrogens with zero attached hydrogens (tertiary/aromatic N) is 4. The molecule has 0 fully saturated rings. The fraction of sp³-hybridized carbons (Fsp3) is 0.0952. The lowest BCUT2D eigenvalue weighted by molar-refractivity contribution is -0.112. The molecule has 4 rings (SSSR count). The topological polar surface area (TPSA) is 105 Å². The van der Waals surface area contributed by atoms with Crippen LogP contribution >= 0.6 is 0 Å². The van der Waals surface area contributed by atoms with Crippen LogP contribution in [0.15, 0.2) is 71.4 Å². The molecule has 0 unspecified atom stereocenters. The number of rotatable bonds is 4. The molecule has 9 heteroatoms. The highest BCUT2D eigenvalue weighted by atomic mass is 32.2. The number of benzene rings is 2. The smallest absolute Gasteiger partial charge is 0.265 e. The lowest BCUT2D eigenvalue weighted by Gasteiger charge is -2.27. The van der Waals surface area contributed by atoms with Gasteiger partial charge in [0.2, 0.25) is 5.78 Å². The number of carbonyl (C=O) groups is 1. The number of hydrogen-bond acceptors (Lipinski definition) is 6. The number of ketones is 1. The third kappa shape index (κ3) is 3.29. The number of sulfonamides is 1. The Kier molecular flexibility index (Phi) is 4.75. The molecule has 0 amide bonds. The lowest BCUT2D eigenvalue weighted by Crippen LogP contribution is -2.34. The minimum Gasteiger partial charge on any atom is -0.505 e. The van der Waals surface area contributed by atoms with Crippen LogP contribution in [0, 0.1) is 6.92 Å². The van der Waals surface area contributed by atoms with Crippen molar-refractivity contribution in [1.29, 1.82) is 0 Å². The van der Waals surface area contributed by atoms with Gasteiger partial charge in [-0.2, -0.15) is 0 Å². The molecule has 0 radical (unpaired) electrons. The van der Waals surface area contributed by atoms with E-state index < -0.39 is 15.8 Å².